The molecule has 21 heteroatoms. The van der Waals surface area contributed by atoms with Crippen molar-refractivity contribution < 1.29 is 61.7 Å². The Morgan fingerprint density at radius 3 is 2.03 bits per heavy atom. The summed E-state index contributed by atoms with van der Waals surface area (Å²) in [5.74, 6) is 0. The van der Waals surface area contributed by atoms with E-state index in [0.29, 0.717) is 3.57 Å². The minimum absolute atomic E-state index is 0.202. The van der Waals surface area contributed by atoms with E-state index in [-0.39, 0.29) is 13.0 Å². The molecule has 1 fully saturated rings. The summed E-state index contributed by atoms with van der Waals surface area (Å²) < 4.78 is 43.3. The fraction of sp³-hybridized carbons (Fsp3) is 0.556. The zero-order chi connectivity index (χ0) is 23.5. The van der Waals surface area contributed by atoms with E-state index in [9.17, 15) is 28.4 Å². The second-order valence-corrected chi connectivity index (χ2v) is 10.7. The molecule has 17 nitrogen and oxygen atoms in total. The molecule has 174 valence electrons. The lowest BCUT2D eigenvalue weighted by atomic mass is 10.2. The topological polar surface area (TPSA) is 275 Å². The van der Waals surface area contributed by atoms with Crippen molar-refractivity contribution in [2.45, 2.75) is 24.9 Å². The van der Waals surface area contributed by atoms with Gasteiger partial charge in [-0.2, -0.15) is 8.62 Å². The molecular weight excluding hydrogens is 596 g/mol. The van der Waals surface area contributed by atoms with Crippen LogP contribution in [0.4, 0.5) is 0 Å². The average Bonchev–Trinajstić information content (AvgIpc) is 2.87. The fourth-order valence-electron chi connectivity index (χ4n) is 2.01. The van der Waals surface area contributed by atoms with E-state index >= 15 is 0 Å². The molecule has 0 aliphatic carbocycles. The van der Waals surface area contributed by atoms with Crippen LogP contribution in [0.3, 0.4) is 0 Å². The smallest absolute Gasteiger partial charge is 0.394 e. The molecule has 0 aromatic carbocycles. The summed E-state index contributed by atoms with van der Waals surface area (Å²) in [5.41, 5.74) is -1.05. The van der Waals surface area contributed by atoms with Crippen molar-refractivity contribution in [3.05, 3.63) is 30.6 Å². The van der Waals surface area contributed by atoms with Gasteiger partial charge in [-0.15, -0.1) is 0 Å². The number of rotatable bonds is 6. The number of aromatic amines is 1. The van der Waals surface area contributed by atoms with Crippen molar-refractivity contribution >= 4 is 46.1 Å². The maximum absolute atomic E-state index is 11.6. The highest BCUT2D eigenvalue weighted by atomic mass is 127. The molecule has 0 saturated carbocycles. The van der Waals surface area contributed by atoms with E-state index in [0.717, 1.165) is 0 Å². The highest BCUT2D eigenvalue weighted by Gasteiger charge is 2.38. The van der Waals surface area contributed by atoms with Crippen LogP contribution in [0, 0.1) is 3.57 Å². The first-order valence-corrected chi connectivity index (χ1v) is 12.9. The van der Waals surface area contributed by atoms with Crippen LogP contribution in [0.1, 0.15) is 12.6 Å². The standard InChI is InChI=1S/C9H11IN2O5.H5O10P3/c10-4-2-12(9(16)11-8(4)15)7-1-5(14)6(3-13)17-7;1-11(2,3)9-13(7,8)10-12(4,5)6/h2,5-7,13-14H,1,3H2,(H,11,15,16);(H,7,8)(H2,1,2,3)(H2,4,5,6)/t5-,6+,7+;/m0./s1. The number of aliphatic hydroxyl groups excluding tert-OH is 2. The number of hydrogen-bond acceptors (Lipinski definition) is 10. The molecule has 0 bridgehead atoms. The van der Waals surface area contributed by atoms with Crippen LogP contribution in [0.15, 0.2) is 15.8 Å². The van der Waals surface area contributed by atoms with Gasteiger partial charge >= 0.3 is 29.2 Å². The fourth-order valence-corrected chi connectivity index (χ4v) is 4.98. The molecule has 1 aliphatic rings. The van der Waals surface area contributed by atoms with Gasteiger partial charge in [0.15, 0.2) is 0 Å². The number of phosphoric acid groups is 3. The number of hydrogen-bond donors (Lipinski definition) is 8. The molecule has 1 aromatic heterocycles. The zero-order valence-corrected chi connectivity index (χ0v) is 19.1. The van der Waals surface area contributed by atoms with Crippen molar-refractivity contribution in [2.75, 3.05) is 6.61 Å². The Bertz CT molecular complexity index is 968. The van der Waals surface area contributed by atoms with Gasteiger partial charge in [0, 0.05) is 12.6 Å². The second kappa shape index (κ2) is 10.5. The molecule has 0 radical (unpaired) electrons. The van der Waals surface area contributed by atoms with Crippen molar-refractivity contribution in [1.29, 1.82) is 0 Å². The Morgan fingerprint density at radius 2 is 1.63 bits per heavy atom. The first-order valence-electron chi connectivity index (χ1n) is 7.26. The molecule has 0 spiro atoms. The van der Waals surface area contributed by atoms with E-state index in [1.54, 1.807) is 22.6 Å². The third-order valence-electron chi connectivity index (χ3n) is 3.04. The van der Waals surface area contributed by atoms with Gasteiger partial charge in [-0.25, -0.2) is 18.5 Å². The highest BCUT2D eigenvalue weighted by molar-refractivity contribution is 14.1. The van der Waals surface area contributed by atoms with Crippen LogP contribution in [-0.2, 0) is 27.1 Å². The average molecular weight is 612 g/mol. The SMILES string of the molecule is O=P(O)(O)OP(=O)(O)OP(=O)(O)O.O=c1[nH]c(=O)n([C@H]2C[C@H](O)[C@@H](CO)O2)cc1I. The third-order valence-corrected chi connectivity index (χ3v) is 7.16. The van der Waals surface area contributed by atoms with E-state index in [1.165, 1.54) is 10.8 Å². The molecule has 1 aliphatic heterocycles. The van der Waals surface area contributed by atoms with Gasteiger partial charge in [0.05, 0.1) is 16.3 Å². The van der Waals surface area contributed by atoms with Crippen LogP contribution in [0.2, 0.25) is 0 Å². The van der Waals surface area contributed by atoms with Crippen LogP contribution in [0.5, 0.6) is 0 Å². The Kier molecular flexibility index (Phi) is 9.75. The van der Waals surface area contributed by atoms with Crippen LogP contribution in [0.25, 0.3) is 0 Å². The summed E-state index contributed by atoms with van der Waals surface area (Å²) in [5, 5.41) is 18.5. The summed E-state index contributed by atoms with van der Waals surface area (Å²) >= 11 is 1.80. The maximum Gasteiger partial charge on any atom is 0.490 e. The largest absolute Gasteiger partial charge is 0.490 e. The first-order chi connectivity index (χ1) is 13.4. The van der Waals surface area contributed by atoms with Crippen molar-refractivity contribution in [2.24, 2.45) is 0 Å². The van der Waals surface area contributed by atoms with E-state index in [1.807, 2.05) is 0 Å². The second-order valence-electron chi connectivity index (χ2n) is 5.37. The molecule has 30 heavy (non-hydrogen) atoms. The molecule has 1 saturated heterocycles. The van der Waals surface area contributed by atoms with E-state index in [2.05, 4.69) is 13.6 Å². The van der Waals surface area contributed by atoms with Gasteiger partial charge in [-0.1, -0.05) is 0 Å². The number of H-pyrrole nitrogens is 1. The maximum atomic E-state index is 11.6. The van der Waals surface area contributed by atoms with Crippen LogP contribution >= 0.6 is 46.1 Å². The molecule has 0 amide bonds. The molecule has 2 heterocycles. The van der Waals surface area contributed by atoms with Crippen molar-refractivity contribution in [3.8, 4) is 0 Å². The number of aliphatic hydroxyl groups is 2. The molecular formula is C9H16IN2O15P3. The summed E-state index contributed by atoms with van der Waals surface area (Å²) in [6.45, 7) is -0.313. The lowest BCUT2D eigenvalue weighted by Crippen LogP contribution is -2.33. The van der Waals surface area contributed by atoms with E-state index in [4.69, 9.17) is 34.3 Å². The minimum Gasteiger partial charge on any atom is -0.394 e. The van der Waals surface area contributed by atoms with E-state index < -0.39 is 53.2 Å². The van der Waals surface area contributed by atoms with Gasteiger partial charge in [0.1, 0.15) is 12.3 Å². The summed E-state index contributed by atoms with van der Waals surface area (Å²) in [6, 6.07) is 0. The van der Waals surface area contributed by atoms with Crippen LogP contribution < -0.4 is 11.2 Å². The summed E-state index contributed by atoms with van der Waals surface area (Å²) in [6.07, 6.45) is -0.607. The normalized spacial score (nSPS) is 22.5. The lowest BCUT2D eigenvalue weighted by molar-refractivity contribution is -0.0459. The third kappa shape index (κ3) is 9.46. The molecule has 1 aromatic rings. The summed E-state index contributed by atoms with van der Waals surface area (Å²) in [4.78, 5) is 65.1. The number of ether oxygens (including phenoxy) is 1. The van der Waals surface area contributed by atoms with Gasteiger partial charge in [-0.05, 0) is 22.6 Å². The van der Waals surface area contributed by atoms with Gasteiger partial charge in [0.25, 0.3) is 5.56 Å². The van der Waals surface area contributed by atoms with Crippen molar-refractivity contribution in [3.63, 3.8) is 0 Å². The number of nitrogens with one attached hydrogen (secondary N) is 1. The Hall–Kier alpha value is -0.300. The number of aromatic nitrogens is 2. The van der Waals surface area contributed by atoms with Crippen molar-refractivity contribution in [1.82, 2.24) is 9.55 Å². The molecule has 0 unspecified atom stereocenters. The number of halogens is 1. The highest BCUT2D eigenvalue weighted by Crippen LogP contribution is 2.64. The Labute approximate surface area is 179 Å². The predicted octanol–water partition coefficient (Wildman–Crippen LogP) is -1.91. The lowest BCUT2D eigenvalue weighted by Gasteiger charge is -2.14. The Morgan fingerprint density at radius 1 is 1.13 bits per heavy atom. The molecule has 8 N–H and O–H groups in total. The van der Waals surface area contributed by atoms with Gasteiger partial charge in [0.2, 0.25) is 0 Å². The van der Waals surface area contributed by atoms with Crippen LogP contribution in [-0.4, -0.2) is 63.0 Å². The first kappa shape index (κ1) is 27.7. The summed E-state index contributed by atoms with van der Waals surface area (Å²) in [7, 11) is -16.2. The monoisotopic (exact) mass is 612 g/mol. The number of nitrogens with zero attached hydrogens (tertiary/aromatic N) is 1. The predicted molar refractivity (Wildman–Crippen MR) is 102 cm³/mol. The minimum atomic E-state index is -5.46. The van der Waals surface area contributed by atoms with Gasteiger partial charge < -0.3 is 39.4 Å². The molecule has 2 rings (SSSR count). The zero-order valence-electron chi connectivity index (χ0n) is 14.3. The Balaban J connectivity index is 0.000000314. The quantitative estimate of drug-likeness (QED) is 0.129. The molecule has 3 atom stereocenters. The van der Waals surface area contributed by atoms with Gasteiger partial charge in [-0.3, -0.25) is 14.3 Å².